The third-order valence-corrected chi connectivity index (χ3v) is 3.91. The summed E-state index contributed by atoms with van der Waals surface area (Å²) in [5.41, 5.74) is -2.26. The predicted molar refractivity (Wildman–Crippen MR) is 63.3 cm³/mol. The van der Waals surface area contributed by atoms with Gasteiger partial charge in [-0.1, -0.05) is 18.6 Å². The molecule has 0 aliphatic heterocycles. The fourth-order valence-electron chi connectivity index (χ4n) is 2.75. The minimum atomic E-state index is -4.77. The molecule has 1 aromatic rings. The molecule has 1 saturated carbocycles. The van der Waals surface area contributed by atoms with Crippen molar-refractivity contribution in [3.63, 3.8) is 0 Å². The van der Waals surface area contributed by atoms with Crippen molar-refractivity contribution in [3.8, 4) is 0 Å². The van der Waals surface area contributed by atoms with E-state index in [2.05, 4.69) is 17.2 Å². The van der Waals surface area contributed by atoms with Crippen molar-refractivity contribution in [2.75, 3.05) is 0 Å². The van der Waals surface area contributed by atoms with Crippen LogP contribution in [0.15, 0.2) is 0 Å². The average Bonchev–Trinajstić information content (AvgIpc) is 2.83. The number of hydrogen-bond acceptors (Lipinski definition) is 3. The number of carbonyl (C=O) groups is 1. The zero-order valence-electron chi connectivity index (χ0n) is 11.0. The van der Waals surface area contributed by atoms with Crippen molar-refractivity contribution in [2.24, 2.45) is 5.92 Å². The standard InChI is InChI=1S/C12H16F3N3O2/c1-2-7-3-5-8(6-4-7)18-10(12(13,14)15)9(11(19)20)16-17-18/h7-8H,2-6H2,1H3,(H,19,20). The smallest absolute Gasteiger partial charge is 0.435 e. The summed E-state index contributed by atoms with van der Waals surface area (Å²) in [6.45, 7) is 2.06. The highest BCUT2D eigenvalue weighted by molar-refractivity contribution is 5.86. The Bertz CT molecular complexity index is 491. The number of halogens is 3. The zero-order valence-corrected chi connectivity index (χ0v) is 11.0. The molecule has 0 saturated heterocycles. The van der Waals surface area contributed by atoms with Crippen molar-refractivity contribution in [1.82, 2.24) is 15.0 Å². The summed E-state index contributed by atoms with van der Waals surface area (Å²) >= 11 is 0. The Morgan fingerprint density at radius 3 is 2.40 bits per heavy atom. The Morgan fingerprint density at radius 1 is 1.35 bits per heavy atom. The largest absolute Gasteiger partial charge is 0.476 e. The first-order valence-electron chi connectivity index (χ1n) is 6.60. The van der Waals surface area contributed by atoms with Crippen LogP contribution < -0.4 is 0 Å². The lowest BCUT2D eigenvalue weighted by molar-refractivity contribution is -0.145. The third-order valence-electron chi connectivity index (χ3n) is 3.91. The Labute approximate surface area is 113 Å². The van der Waals surface area contributed by atoms with Crippen LogP contribution in [0.3, 0.4) is 0 Å². The van der Waals surface area contributed by atoms with Gasteiger partial charge in [0.05, 0.1) is 6.04 Å². The fourth-order valence-corrected chi connectivity index (χ4v) is 2.75. The molecule has 0 atom stereocenters. The minimum absolute atomic E-state index is 0.421. The van der Waals surface area contributed by atoms with E-state index in [-0.39, 0.29) is 0 Å². The van der Waals surface area contributed by atoms with Crippen LogP contribution in [0, 0.1) is 5.92 Å². The van der Waals surface area contributed by atoms with Crippen molar-refractivity contribution >= 4 is 5.97 Å². The maximum absolute atomic E-state index is 13.0. The fraction of sp³-hybridized carbons (Fsp3) is 0.750. The average molecular weight is 291 g/mol. The van der Waals surface area contributed by atoms with Crippen LogP contribution in [-0.4, -0.2) is 26.1 Å². The Kier molecular flexibility index (Phi) is 4.01. The van der Waals surface area contributed by atoms with Crippen LogP contribution in [0.4, 0.5) is 13.2 Å². The molecule has 1 N–H and O–H groups in total. The second-order valence-corrected chi connectivity index (χ2v) is 5.12. The molecule has 1 aliphatic carbocycles. The van der Waals surface area contributed by atoms with Crippen LogP contribution in [-0.2, 0) is 6.18 Å². The third kappa shape index (κ3) is 2.78. The van der Waals surface area contributed by atoms with Crippen LogP contribution in [0.25, 0.3) is 0 Å². The molecule has 0 amide bonds. The van der Waals surface area contributed by atoms with Gasteiger partial charge in [0.15, 0.2) is 5.69 Å². The molecule has 0 unspecified atom stereocenters. The molecule has 1 fully saturated rings. The van der Waals surface area contributed by atoms with Gasteiger partial charge in [-0.25, -0.2) is 9.48 Å². The van der Waals surface area contributed by atoms with Gasteiger partial charge in [-0.15, -0.1) is 5.10 Å². The summed E-state index contributed by atoms with van der Waals surface area (Å²) in [4.78, 5) is 10.8. The number of carboxylic acid groups (broad SMARTS) is 1. The van der Waals surface area contributed by atoms with Gasteiger partial charge in [-0.2, -0.15) is 13.2 Å². The molecular weight excluding hydrogens is 275 g/mol. The lowest BCUT2D eigenvalue weighted by Gasteiger charge is -2.28. The van der Waals surface area contributed by atoms with Crippen molar-refractivity contribution in [3.05, 3.63) is 11.4 Å². The van der Waals surface area contributed by atoms with E-state index >= 15 is 0 Å². The highest BCUT2D eigenvalue weighted by atomic mass is 19.4. The maximum Gasteiger partial charge on any atom is 0.435 e. The Balaban J connectivity index is 2.31. The number of carboxylic acids is 1. The number of rotatable bonds is 3. The molecule has 0 aromatic carbocycles. The molecule has 0 bridgehead atoms. The zero-order chi connectivity index (χ0) is 14.9. The lowest BCUT2D eigenvalue weighted by atomic mass is 9.84. The summed E-state index contributed by atoms with van der Waals surface area (Å²) in [6, 6.07) is -0.421. The van der Waals surface area contributed by atoms with Gasteiger partial charge in [0.2, 0.25) is 5.69 Å². The van der Waals surface area contributed by atoms with E-state index < -0.39 is 29.6 Å². The molecule has 5 nitrogen and oxygen atoms in total. The summed E-state index contributed by atoms with van der Waals surface area (Å²) in [5, 5.41) is 15.4. The summed E-state index contributed by atoms with van der Waals surface area (Å²) in [7, 11) is 0. The second kappa shape index (κ2) is 5.41. The SMILES string of the molecule is CCC1CCC(n2nnc(C(=O)O)c2C(F)(F)F)CC1. The van der Waals surface area contributed by atoms with Crippen LogP contribution >= 0.6 is 0 Å². The summed E-state index contributed by atoms with van der Waals surface area (Å²) < 4.78 is 39.9. The van der Waals surface area contributed by atoms with E-state index in [1.165, 1.54) is 0 Å². The molecule has 1 aliphatic rings. The monoisotopic (exact) mass is 291 g/mol. The van der Waals surface area contributed by atoms with Crippen molar-refractivity contribution in [2.45, 2.75) is 51.2 Å². The number of hydrogen-bond donors (Lipinski definition) is 1. The molecule has 8 heteroatoms. The maximum atomic E-state index is 13.0. The van der Waals surface area contributed by atoms with Gasteiger partial charge in [0.1, 0.15) is 0 Å². The minimum Gasteiger partial charge on any atom is -0.476 e. The van der Waals surface area contributed by atoms with E-state index in [0.717, 1.165) is 23.9 Å². The highest BCUT2D eigenvalue weighted by Gasteiger charge is 2.43. The quantitative estimate of drug-likeness (QED) is 0.929. The molecule has 2 rings (SSSR count). The molecule has 0 spiro atoms. The van der Waals surface area contributed by atoms with Gasteiger partial charge >= 0.3 is 12.1 Å². The van der Waals surface area contributed by atoms with Gasteiger partial charge in [-0.05, 0) is 31.6 Å². The number of aromatic nitrogens is 3. The van der Waals surface area contributed by atoms with Gasteiger partial charge in [-0.3, -0.25) is 0 Å². The molecule has 20 heavy (non-hydrogen) atoms. The van der Waals surface area contributed by atoms with E-state index in [0.29, 0.717) is 18.8 Å². The van der Waals surface area contributed by atoms with Crippen molar-refractivity contribution < 1.29 is 23.1 Å². The Hall–Kier alpha value is -1.60. The Morgan fingerprint density at radius 2 is 1.95 bits per heavy atom. The van der Waals surface area contributed by atoms with Gasteiger partial charge in [0, 0.05) is 0 Å². The molecule has 1 aromatic heterocycles. The van der Waals surface area contributed by atoms with Gasteiger partial charge < -0.3 is 5.11 Å². The highest BCUT2D eigenvalue weighted by Crippen LogP contribution is 2.38. The van der Waals surface area contributed by atoms with Crippen LogP contribution in [0.2, 0.25) is 0 Å². The summed E-state index contributed by atoms with van der Waals surface area (Å²) in [6.07, 6.45) is -0.940. The van der Waals surface area contributed by atoms with E-state index in [1.54, 1.807) is 0 Å². The molecular formula is C12H16F3N3O2. The van der Waals surface area contributed by atoms with E-state index in [1.807, 2.05) is 0 Å². The van der Waals surface area contributed by atoms with Crippen LogP contribution in [0.1, 0.15) is 61.3 Å². The van der Waals surface area contributed by atoms with E-state index in [4.69, 9.17) is 5.11 Å². The normalized spacial score (nSPS) is 23.8. The molecule has 112 valence electrons. The van der Waals surface area contributed by atoms with Gasteiger partial charge in [0.25, 0.3) is 0 Å². The number of aromatic carboxylic acids is 1. The topological polar surface area (TPSA) is 68.0 Å². The second-order valence-electron chi connectivity index (χ2n) is 5.12. The predicted octanol–water partition coefficient (Wildman–Crippen LogP) is 3.14. The molecule has 1 heterocycles. The van der Waals surface area contributed by atoms with E-state index in [9.17, 15) is 18.0 Å². The van der Waals surface area contributed by atoms with Crippen molar-refractivity contribution in [1.29, 1.82) is 0 Å². The lowest BCUT2D eigenvalue weighted by Crippen LogP contribution is -2.25. The first kappa shape index (κ1) is 14.8. The molecule has 0 radical (unpaired) electrons. The first-order chi connectivity index (χ1) is 9.34. The number of nitrogens with zero attached hydrogens (tertiary/aromatic N) is 3. The van der Waals surface area contributed by atoms with Crippen LogP contribution in [0.5, 0.6) is 0 Å². The summed E-state index contributed by atoms with van der Waals surface area (Å²) in [5.74, 6) is -1.17. The first-order valence-corrected chi connectivity index (χ1v) is 6.60. The number of alkyl halides is 3.